The van der Waals surface area contributed by atoms with Crippen LogP contribution in [0.4, 0.5) is 0 Å². The summed E-state index contributed by atoms with van der Waals surface area (Å²) in [5.74, 6) is 1.76. The van der Waals surface area contributed by atoms with E-state index in [1.165, 1.54) is 44.9 Å². The van der Waals surface area contributed by atoms with Crippen LogP contribution in [0.15, 0.2) is 0 Å². The van der Waals surface area contributed by atoms with Gasteiger partial charge in [-0.15, -0.1) is 0 Å². The Bertz CT molecular complexity index is 205. The Morgan fingerprint density at radius 1 is 1.05 bits per heavy atom. The van der Waals surface area contributed by atoms with E-state index in [0.29, 0.717) is 12.1 Å². The number of rotatable bonds is 9. The van der Waals surface area contributed by atoms with Crippen LogP contribution in [0.25, 0.3) is 0 Å². The van der Waals surface area contributed by atoms with Gasteiger partial charge in [-0.3, -0.25) is 0 Å². The summed E-state index contributed by atoms with van der Waals surface area (Å²) in [6.45, 7) is 11.0. The van der Waals surface area contributed by atoms with Crippen LogP contribution in [-0.2, 0) is 4.74 Å². The third-order valence-electron chi connectivity index (χ3n) is 4.55. The molecule has 1 rings (SSSR count). The number of hydrogen-bond acceptors (Lipinski definition) is 2. The molecule has 1 saturated carbocycles. The molecule has 2 unspecified atom stereocenters. The van der Waals surface area contributed by atoms with Crippen molar-refractivity contribution < 1.29 is 4.74 Å². The van der Waals surface area contributed by atoms with E-state index in [-0.39, 0.29) is 0 Å². The van der Waals surface area contributed by atoms with E-state index in [1.807, 2.05) is 0 Å². The van der Waals surface area contributed by atoms with Crippen molar-refractivity contribution in [2.24, 2.45) is 11.8 Å². The Hall–Kier alpha value is -0.0800. The zero-order valence-corrected chi connectivity index (χ0v) is 13.6. The molecule has 0 spiro atoms. The van der Waals surface area contributed by atoms with E-state index in [0.717, 1.165) is 25.0 Å². The van der Waals surface area contributed by atoms with Gasteiger partial charge in [0.25, 0.3) is 0 Å². The van der Waals surface area contributed by atoms with E-state index < -0.39 is 0 Å². The van der Waals surface area contributed by atoms with Crippen LogP contribution in [0.1, 0.15) is 72.6 Å². The molecule has 1 N–H and O–H groups in total. The summed E-state index contributed by atoms with van der Waals surface area (Å²) in [6.07, 6.45) is 9.62. The zero-order valence-electron chi connectivity index (χ0n) is 13.6. The molecule has 2 nitrogen and oxygen atoms in total. The summed E-state index contributed by atoms with van der Waals surface area (Å²) in [5, 5.41) is 3.80. The van der Waals surface area contributed by atoms with Gasteiger partial charge in [0.05, 0.1) is 6.10 Å². The maximum atomic E-state index is 6.06. The van der Waals surface area contributed by atoms with Crippen LogP contribution in [0.3, 0.4) is 0 Å². The highest BCUT2D eigenvalue weighted by atomic mass is 16.5. The van der Waals surface area contributed by atoms with E-state index in [9.17, 15) is 0 Å². The standard InChI is InChI=1S/C17H35NO/c1-5-8-16(19-7-3)17(18-13-6-2)15-11-9-14(4)10-12-15/h14-18H,5-13H2,1-4H3. The second kappa shape index (κ2) is 9.77. The monoisotopic (exact) mass is 269 g/mol. The Morgan fingerprint density at radius 3 is 2.26 bits per heavy atom. The van der Waals surface area contributed by atoms with Gasteiger partial charge in [-0.1, -0.05) is 40.0 Å². The zero-order chi connectivity index (χ0) is 14.1. The third kappa shape index (κ3) is 5.83. The molecule has 114 valence electrons. The van der Waals surface area contributed by atoms with Crippen LogP contribution in [0.5, 0.6) is 0 Å². The third-order valence-corrected chi connectivity index (χ3v) is 4.55. The predicted octanol–water partition coefficient (Wildman–Crippen LogP) is 4.39. The minimum absolute atomic E-state index is 0.417. The van der Waals surface area contributed by atoms with Crippen LogP contribution < -0.4 is 5.32 Å². The molecule has 19 heavy (non-hydrogen) atoms. The largest absolute Gasteiger partial charge is 0.377 e. The average Bonchev–Trinajstić information content (AvgIpc) is 2.41. The summed E-state index contributed by atoms with van der Waals surface area (Å²) in [7, 11) is 0. The molecule has 1 aliphatic rings. The lowest BCUT2D eigenvalue weighted by Crippen LogP contribution is -2.48. The van der Waals surface area contributed by atoms with Gasteiger partial charge in [0.15, 0.2) is 0 Å². The van der Waals surface area contributed by atoms with Crippen molar-refractivity contribution in [2.75, 3.05) is 13.2 Å². The first-order valence-electron chi connectivity index (χ1n) is 8.57. The minimum atomic E-state index is 0.417. The fourth-order valence-corrected chi connectivity index (χ4v) is 3.42. The maximum absolute atomic E-state index is 6.06. The first kappa shape index (κ1) is 17.0. The molecule has 1 aliphatic carbocycles. The molecular formula is C17H35NO. The lowest BCUT2D eigenvalue weighted by Gasteiger charge is -2.38. The highest BCUT2D eigenvalue weighted by Gasteiger charge is 2.31. The second-order valence-corrected chi connectivity index (χ2v) is 6.28. The van der Waals surface area contributed by atoms with Gasteiger partial charge < -0.3 is 10.1 Å². The predicted molar refractivity (Wildman–Crippen MR) is 83.5 cm³/mol. The second-order valence-electron chi connectivity index (χ2n) is 6.28. The molecule has 2 atom stereocenters. The van der Waals surface area contributed by atoms with Gasteiger partial charge in [0.2, 0.25) is 0 Å². The van der Waals surface area contributed by atoms with Crippen molar-refractivity contribution in [2.45, 2.75) is 84.8 Å². The van der Waals surface area contributed by atoms with Crippen molar-refractivity contribution in [1.29, 1.82) is 0 Å². The number of hydrogen-bond donors (Lipinski definition) is 1. The molecule has 0 aromatic rings. The van der Waals surface area contributed by atoms with Crippen LogP contribution in [0.2, 0.25) is 0 Å². The molecule has 2 heteroatoms. The van der Waals surface area contributed by atoms with Crippen LogP contribution in [-0.4, -0.2) is 25.3 Å². The van der Waals surface area contributed by atoms with Crippen molar-refractivity contribution in [1.82, 2.24) is 5.32 Å². The van der Waals surface area contributed by atoms with E-state index in [4.69, 9.17) is 4.74 Å². The van der Waals surface area contributed by atoms with Gasteiger partial charge in [0, 0.05) is 12.6 Å². The topological polar surface area (TPSA) is 21.3 Å². The Morgan fingerprint density at radius 2 is 1.74 bits per heavy atom. The highest BCUT2D eigenvalue weighted by Crippen LogP contribution is 2.32. The van der Waals surface area contributed by atoms with Gasteiger partial charge in [-0.2, -0.15) is 0 Å². The number of ether oxygens (including phenoxy) is 1. The molecule has 0 aliphatic heterocycles. The fraction of sp³-hybridized carbons (Fsp3) is 1.00. The Kier molecular flexibility index (Phi) is 8.72. The molecular weight excluding hydrogens is 234 g/mol. The highest BCUT2D eigenvalue weighted by molar-refractivity contribution is 4.87. The Labute approximate surface area is 120 Å². The molecule has 0 heterocycles. The smallest absolute Gasteiger partial charge is 0.0730 e. The van der Waals surface area contributed by atoms with Gasteiger partial charge in [-0.05, 0) is 51.0 Å². The van der Waals surface area contributed by atoms with Crippen LogP contribution >= 0.6 is 0 Å². The average molecular weight is 269 g/mol. The summed E-state index contributed by atoms with van der Waals surface area (Å²) in [4.78, 5) is 0. The fourth-order valence-electron chi connectivity index (χ4n) is 3.42. The normalized spacial score (nSPS) is 27.2. The SMILES string of the molecule is CCCNC(C1CCC(C)CC1)C(CCC)OCC. The Balaban J connectivity index is 2.61. The van der Waals surface area contributed by atoms with Crippen molar-refractivity contribution >= 4 is 0 Å². The molecule has 0 bridgehead atoms. The quantitative estimate of drug-likeness (QED) is 0.670. The maximum Gasteiger partial charge on any atom is 0.0730 e. The van der Waals surface area contributed by atoms with Gasteiger partial charge in [0.1, 0.15) is 0 Å². The summed E-state index contributed by atoms with van der Waals surface area (Å²) >= 11 is 0. The molecule has 1 fully saturated rings. The summed E-state index contributed by atoms with van der Waals surface area (Å²) in [5.41, 5.74) is 0. The first-order valence-corrected chi connectivity index (χ1v) is 8.57. The van der Waals surface area contributed by atoms with Crippen molar-refractivity contribution in [3.05, 3.63) is 0 Å². The first-order chi connectivity index (χ1) is 9.22. The molecule has 0 saturated heterocycles. The molecule has 0 aromatic carbocycles. The van der Waals surface area contributed by atoms with Gasteiger partial charge >= 0.3 is 0 Å². The van der Waals surface area contributed by atoms with Crippen LogP contribution in [0, 0.1) is 11.8 Å². The lowest BCUT2D eigenvalue weighted by atomic mass is 9.77. The van der Waals surface area contributed by atoms with E-state index in [2.05, 4.69) is 33.0 Å². The summed E-state index contributed by atoms with van der Waals surface area (Å²) < 4.78 is 6.06. The van der Waals surface area contributed by atoms with E-state index >= 15 is 0 Å². The molecule has 0 aromatic heterocycles. The van der Waals surface area contributed by atoms with Crippen molar-refractivity contribution in [3.63, 3.8) is 0 Å². The van der Waals surface area contributed by atoms with E-state index in [1.54, 1.807) is 0 Å². The summed E-state index contributed by atoms with van der Waals surface area (Å²) in [6, 6.07) is 0.576. The molecule has 0 amide bonds. The number of nitrogens with one attached hydrogen (secondary N) is 1. The minimum Gasteiger partial charge on any atom is -0.377 e. The van der Waals surface area contributed by atoms with Gasteiger partial charge in [-0.25, -0.2) is 0 Å². The van der Waals surface area contributed by atoms with Crippen molar-refractivity contribution in [3.8, 4) is 0 Å². The lowest BCUT2D eigenvalue weighted by molar-refractivity contribution is 0.00387. The molecule has 0 radical (unpaired) electrons.